The maximum absolute atomic E-state index is 6.61. The van der Waals surface area contributed by atoms with Crippen molar-refractivity contribution in [3.05, 3.63) is 40.2 Å². The van der Waals surface area contributed by atoms with Crippen LogP contribution in [0, 0.1) is 5.92 Å². The summed E-state index contributed by atoms with van der Waals surface area (Å²) < 4.78 is 32.2. The van der Waals surface area contributed by atoms with Crippen LogP contribution in [0.3, 0.4) is 0 Å². The van der Waals surface area contributed by atoms with Gasteiger partial charge in [0.2, 0.25) is 5.89 Å². The fourth-order valence-corrected chi connectivity index (χ4v) is 5.92. The van der Waals surface area contributed by atoms with Crippen LogP contribution in [0.1, 0.15) is 90.9 Å². The molecule has 4 fully saturated rings. The van der Waals surface area contributed by atoms with Crippen LogP contribution in [-0.2, 0) is 24.0 Å². The first-order valence-corrected chi connectivity index (χ1v) is 13.2. The van der Waals surface area contributed by atoms with Crippen molar-refractivity contribution in [2.45, 2.75) is 101 Å². The van der Waals surface area contributed by atoms with E-state index in [4.69, 9.17) is 28.1 Å². The second-order valence-electron chi connectivity index (χ2n) is 12.2. The van der Waals surface area contributed by atoms with E-state index >= 15 is 0 Å². The van der Waals surface area contributed by atoms with Gasteiger partial charge in [-0.3, -0.25) is 4.98 Å². The van der Waals surface area contributed by atoms with Crippen molar-refractivity contribution >= 4 is 29.9 Å². The average molecular weight is 544 g/mol. The number of aromatic nitrogens is 3. The van der Waals surface area contributed by atoms with Crippen LogP contribution in [0.2, 0.25) is 0 Å². The summed E-state index contributed by atoms with van der Waals surface area (Å²) in [4.78, 5) is 9.21. The normalized spacial score (nSPS) is 33.8. The Hall–Kier alpha value is -1.26. The Labute approximate surface area is 215 Å². The van der Waals surface area contributed by atoms with E-state index in [0.717, 1.165) is 35.1 Å². The molecule has 4 heterocycles. The highest BCUT2D eigenvalue weighted by molar-refractivity contribution is 9.10. The highest BCUT2D eigenvalue weighted by atomic mass is 79.9. The Balaban J connectivity index is 1.19. The third-order valence-electron chi connectivity index (χ3n) is 9.15. The van der Waals surface area contributed by atoms with Crippen LogP contribution in [0.4, 0.5) is 0 Å². The van der Waals surface area contributed by atoms with Gasteiger partial charge < -0.3 is 23.1 Å². The van der Waals surface area contributed by atoms with Crippen molar-refractivity contribution in [3.8, 4) is 0 Å². The van der Waals surface area contributed by atoms with Gasteiger partial charge in [0, 0.05) is 22.8 Å². The number of pyridine rings is 1. The smallest absolute Gasteiger partial charge is 0.405 e. The lowest BCUT2D eigenvalue weighted by atomic mass is 9.49. The van der Waals surface area contributed by atoms with E-state index in [1.807, 2.05) is 33.9 Å². The molecule has 6 rings (SSSR count). The van der Waals surface area contributed by atoms with Gasteiger partial charge in [-0.2, -0.15) is 4.98 Å². The molecule has 2 aliphatic heterocycles. The van der Waals surface area contributed by atoms with Crippen molar-refractivity contribution < 1.29 is 23.1 Å². The maximum Gasteiger partial charge on any atom is 0.489 e. The van der Waals surface area contributed by atoms with Gasteiger partial charge in [-0.25, -0.2) is 0 Å². The molecular formula is C24H32B2BrN3O5. The molecule has 0 spiro atoms. The SMILES string of the molecule is CC1(C)OB(B2OC(C)(C)C(C)(C3CC3c3noc(C4(c5cncc(Br)c5)CC4)n3)O2)OC1(C)C. The summed E-state index contributed by atoms with van der Waals surface area (Å²) in [5, 5.41) is 4.40. The number of hydrogen-bond donors (Lipinski definition) is 0. The lowest BCUT2D eigenvalue weighted by Crippen LogP contribution is -2.47. The van der Waals surface area contributed by atoms with E-state index in [1.54, 1.807) is 6.20 Å². The fourth-order valence-electron chi connectivity index (χ4n) is 5.55. The first-order valence-electron chi connectivity index (χ1n) is 12.4. The molecule has 2 saturated heterocycles. The molecule has 35 heavy (non-hydrogen) atoms. The zero-order valence-corrected chi connectivity index (χ0v) is 23.0. The third kappa shape index (κ3) is 3.60. The molecule has 0 amide bonds. The summed E-state index contributed by atoms with van der Waals surface area (Å²) in [6.07, 6.45) is 6.57. The van der Waals surface area contributed by atoms with E-state index < -0.39 is 36.4 Å². The minimum atomic E-state index is -0.600. The minimum absolute atomic E-state index is 0.161. The summed E-state index contributed by atoms with van der Waals surface area (Å²) in [6, 6.07) is 2.09. The molecule has 0 N–H and O–H groups in total. The van der Waals surface area contributed by atoms with Gasteiger partial charge in [-0.05, 0) is 101 Å². The van der Waals surface area contributed by atoms with Gasteiger partial charge >= 0.3 is 14.0 Å². The molecule has 0 aromatic carbocycles. The van der Waals surface area contributed by atoms with E-state index in [1.165, 1.54) is 0 Å². The summed E-state index contributed by atoms with van der Waals surface area (Å²) in [7, 11) is -1.18. The molecule has 0 radical (unpaired) electrons. The Morgan fingerprint density at radius 3 is 2.14 bits per heavy atom. The van der Waals surface area contributed by atoms with Crippen molar-refractivity contribution in [3.63, 3.8) is 0 Å². The Bertz CT molecular complexity index is 1150. The maximum atomic E-state index is 6.61. The highest BCUT2D eigenvalue weighted by Gasteiger charge is 2.70. The van der Waals surface area contributed by atoms with Gasteiger partial charge in [0.25, 0.3) is 0 Å². The average Bonchev–Trinajstić information content (AvgIpc) is 3.66. The fraction of sp³-hybridized carbons (Fsp3) is 0.708. The summed E-state index contributed by atoms with van der Waals surface area (Å²) >= 11 is 3.52. The topological polar surface area (TPSA) is 88.7 Å². The molecule has 2 aromatic rings. The lowest BCUT2D eigenvalue weighted by Gasteiger charge is -2.37. The van der Waals surface area contributed by atoms with Gasteiger partial charge in [0.05, 0.1) is 27.8 Å². The Morgan fingerprint density at radius 2 is 1.51 bits per heavy atom. The molecule has 11 heteroatoms. The third-order valence-corrected chi connectivity index (χ3v) is 9.58. The predicted octanol–water partition coefficient (Wildman–Crippen LogP) is 4.65. The summed E-state index contributed by atoms with van der Waals surface area (Å²) in [6.45, 7) is 14.4. The van der Waals surface area contributed by atoms with E-state index in [0.29, 0.717) is 5.89 Å². The van der Waals surface area contributed by atoms with Crippen molar-refractivity contribution in [2.24, 2.45) is 5.92 Å². The lowest BCUT2D eigenvalue weighted by molar-refractivity contribution is -0.0281. The van der Waals surface area contributed by atoms with Crippen LogP contribution < -0.4 is 0 Å². The Kier molecular flexibility index (Phi) is 5.10. The monoisotopic (exact) mass is 543 g/mol. The summed E-state index contributed by atoms with van der Waals surface area (Å²) in [5.41, 5.74) is -1.07. The van der Waals surface area contributed by atoms with Crippen LogP contribution in [0.25, 0.3) is 0 Å². The number of hydrogen-bond acceptors (Lipinski definition) is 8. The minimum Gasteiger partial charge on any atom is -0.405 e. The van der Waals surface area contributed by atoms with Crippen LogP contribution in [0.5, 0.6) is 0 Å². The molecule has 3 atom stereocenters. The van der Waals surface area contributed by atoms with Crippen LogP contribution in [-0.4, -0.2) is 51.5 Å². The molecule has 2 aliphatic carbocycles. The molecule has 2 saturated carbocycles. The second-order valence-corrected chi connectivity index (χ2v) is 13.1. The number of nitrogens with zero attached hydrogens (tertiary/aromatic N) is 3. The highest BCUT2D eigenvalue weighted by Crippen LogP contribution is 2.61. The molecule has 2 aromatic heterocycles. The molecule has 3 unspecified atom stereocenters. The van der Waals surface area contributed by atoms with Crippen molar-refractivity contribution in [1.29, 1.82) is 0 Å². The molecule has 4 aliphatic rings. The quantitative estimate of drug-likeness (QED) is 0.503. The van der Waals surface area contributed by atoms with E-state index in [9.17, 15) is 0 Å². The zero-order chi connectivity index (χ0) is 25.0. The van der Waals surface area contributed by atoms with Gasteiger partial charge in [-0.15, -0.1) is 0 Å². The van der Waals surface area contributed by atoms with Gasteiger partial charge in [0.1, 0.15) is 0 Å². The molecule has 186 valence electrons. The van der Waals surface area contributed by atoms with Crippen molar-refractivity contribution in [2.75, 3.05) is 0 Å². The van der Waals surface area contributed by atoms with Crippen molar-refractivity contribution in [1.82, 2.24) is 15.1 Å². The van der Waals surface area contributed by atoms with E-state index in [-0.39, 0.29) is 17.3 Å². The van der Waals surface area contributed by atoms with Gasteiger partial charge in [0.15, 0.2) is 5.82 Å². The Morgan fingerprint density at radius 1 is 0.886 bits per heavy atom. The predicted molar refractivity (Wildman–Crippen MR) is 134 cm³/mol. The largest absolute Gasteiger partial charge is 0.489 e. The molecule has 0 bridgehead atoms. The molecular weight excluding hydrogens is 512 g/mol. The van der Waals surface area contributed by atoms with Gasteiger partial charge in [-0.1, -0.05) is 5.16 Å². The van der Waals surface area contributed by atoms with E-state index in [2.05, 4.69) is 52.9 Å². The first-order chi connectivity index (χ1) is 16.3. The number of rotatable bonds is 5. The second kappa shape index (κ2) is 7.40. The zero-order valence-electron chi connectivity index (χ0n) is 21.4. The number of halogens is 1. The summed E-state index contributed by atoms with van der Waals surface area (Å²) in [5.74, 6) is 1.80. The molecule has 8 nitrogen and oxygen atoms in total. The van der Waals surface area contributed by atoms with Crippen LogP contribution >= 0.6 is 15.9 Å². The standard InChI is InChI=1S/C24H32B2BrN3O5/c1-20(2)21(3,4)33-25(32-20)26-34-22(5,6)23(7,35-26)17-11-16(17)18-29-19(31-30-18)24(8-9-24)14-10-15(27)13-28-12-14/h10,12-13,16-17H,8-9,11H2,1-7H3. The first kappa shape index (κ1) is 24.1. The van der Waals surface area contributed by atoms with Crippen LogP contribution in [0.15, 0.2) is 27.5 Å².